The van der Waals surface area contributed by atoms with Gasteiger partial charge in [0.2, 0.25) is 0 Å². The van der Waals surface area contributed by atoms with Gasteiger partial charge in [0.25, 0.3) is 0 Å². The van der Waals surface area contributed by atoms with Gasteiger partial charge in [0.1, 0.15) is 0 Å². The Hall–Kier alpha value is -0.690. The van der Waals surface area contributed by atoms with Gasteiger partial charge in [0, 0.05) is 0 Å². The minimum absolute atomic E-state index is 0.178. The van der Waals surface area contributed by atoms with Crippen molar-refractivity contribution in [3.63, 3.8) is 0 Å². The molecule has 12 heavy (non-hydrogen) atoms. The summed E-state index contributed by atoms with van der Waals surface area (Å²) in [6.45, 7) is 3.30. The molecule has 0 aromatic carbocycles. The van der Waals surface area contributed by atoms with Crippen LogP contribution in [0.25, 0.3) is 0 Å². The summed E-state index contributed by atoms with van der Waals surface area (Å²) in [5, 5.41) is 8.71. The molecule has 1 aliphatic heterocycles. The van der Waals surface area contributed by atoms with E-state index in [9.17, 15) is 4.79 Å². The van der Waals surface area contributed by atoms with Crippen molar-refractivity contribution in [1.82, 2.24) is 0 Å². The first-order valence-electron chi connectivity index (χ1n) is 3.67. The summed E-state index contributed by atoms with van der Waals surface area (Å²) in [4.78, 5) is 10.8. The van der Waals surface area contributed by atoms with Gasteiger partial charge in [-0.1, -0.05) is 0 Å². The second-order valence-electron chi connectivity index (χ2n) is 2.51. The van der Waals surface area contributed by atoms with Gasteiger partial charge >= 0.3 is 78.9 Å². The molecule has 1 rings (SSSR count). The zero-order valence-electron chi connectivity index (χ0n) is 6.56. The second-order valence-corrected chi connectivity index (χ2v) is 9.92. The van der Waals surface area contributed by atoms with Gasteiger partial charge in [-0.2, -0.15) is 0 Å². The molecule has 1 aliphatic rings. The van der Waals surface area contributed by atoms with Crippen molar-refractivity contribution < 1.29 is 9.53 Å². The standard InChI is InChI=1S/C7H8O2.CN.In/c1-3-5-6-9-7(8)4-2;1-2;/h3-6H,1-2H2;;. The molecule has 0 aliphatic carbocycles. The van der Waals surface area contributed by atoms with E-state index in [4.69, 9.17) is 10.00 Å². The topological polar surface area (TPSA) is 50.1 Å². The van der Waals surface area contributed by atoms with Crippen molar-refractivity contribution in [1.29, 1.82) is 5.26 Å². The fourth-order valence-electron chi connectivity index (χ4n) is 1.06. The third kappa shape index (κ3) is 2.15. The molecule has 0 bridgehead atoms. The molecule has 0 amide bonds. The maximum atomic E-state index is 10.8. The molecule has 3 nitrogen and oxygen atoms in total. The SMILES string of the molecule is C=CC(=O)O[CH]1C=C[CH2][In]1[C]#N. The Morgan fingerprint density at radius 3 is 3.25 bits per heavy atom. The van der Waals surface area contributed by atoms with E-state index in [0.717, 1.165) is 10.3 Å². The van der Waals surface area contributed by atoms with Crippen molar-refractivity contribution in [3.05, 3.63) is 24.8 Å². The number of carbonyl (C=O) groups is 1. The normalized spacial score (nSPS) is 20.2. The van der Waals surface area contributed by atoms with E-state index < -0.39 is 27.4 Å². The van der Waals surface area contributed by atoms with E-state index in [-0.39, 0.29) is 3.86 Å². The first kappa shape index (κ1) is 9.40. The number of ether oxygens (including phenoxy) is 1. The van der Waals surface area contributed by atoms with Gasteiger partial charge in [0.15, 0.2) is 0 Å². The predicted octanol–water partition coefficient (Wildman–Crippen LogP) is 0.751. The molecule has 0 aromatic heterocycles. The van der Waals surface area contributed by atoms with Gasteiger partial charge in [0.05, 0.1) is 0 Å². The van der Waals surface area contributed by atoms with Crippen LogP contribution in [0.15, 0.2) is 24.8 Å². The molecule has 0 fully saturated rings. The molecule has 0 spiro atoms. The van der Waals surface area contributed by atoms with Crippen molar-refractivity contribution in [3.8, 4) is 3.83 Å². The Labute approximate surface area is 78.9 Å². The summed E-state index contributed by atoms with van der Waals surface area (Å²) in [5.41, 5.74) is 0. The number of rotatable bonds is 2. The maximum absolute atomic E-state index is 10.8. The van der Waals surface area contributed by atoms with Crippen molar-refractivity contribution in [2.24, 2.45) is 0 Å². The van der Waals surface area contributed by atoms with Gasteiger partial charge in [-0.15, -0.1) is 0 Å². The van der Waals surface area contributed by atoms with Crippen molar-refractivity contribution in [2.75, 3.05) is 0 Å². The second kappa shape index (κ2) is 4.36. The van der Waals surface area contributed by atoms with Gasteiger partial charge in [-0.25, -0.2) is 0 Å². The minimum atomic E-state index is -2.21. The van der Waals surface area contributed by atoms with Crippen LogP contribution >= 0.6 is 0 Å². The molecule has 60 valence electrons. The summed E-state index contributed by atoms with van der Waals surface area (Å²) < 4.78 is 7.96. The summed E-state index contributed by atoms with van der Waals surface area (Å²) in [6, 6.07) is 0. The first-order valence-corrected chi connectivity index (χ1v) is 9.55. The number of nitrogens with zero attached hydrogens (tertiary/aromatic N) is 1. The van der Waals surface area contributed by atoms with E-state index in [2.05, 4.69) is 10.4 Å². The first-order chi connectivity index (χ1) is 5.77. The molecule has 1 atom stereocenters. The van der Waals surface area contributed by atoms with Crippen LogP contribution in [0.1, 0.15) is 0 Å². The number of nitriles is 1. The summed E-state index contributed by atoms with van der Waals surface area (Å²) in [6.07, 6.45) is 4.89. The number of esters is 1. The van der Waals surface area contributed by atoms with E-state index >= 15 is 0 Å². The van der Waals surface area contributed by atoms with Crippen molar-refractivity contribution >= 4 is 27.4 Å². The van der Waals surface area contributed by atoms with E-state index in [0.29, 0.717) is 0 Å². The van der Waals surface area contributed by atoms with E-state index in [1.54, 1.807) is 0 Å². The molecule has 1 heterocycles. The third-order valence-corrected chi connectivity index (χ3v) is 8.16. The fraction of sp³-hybridized carbons (Fsp3) is 0.250. The number of hydrogen-bond donors (Lipinski definition) is 0. The molecule has 4 heteroatoms. The zero-order valence-corrected chi connectivity index (χ0v) is 9.86. The Balaban J connectivity index is 2.52. The Kier molecular flexibility index (Phi) is 3.42. The van der Waals surface area contributed by atoms with Crippen LogP contribution in [-0.2, 0) is 9.53 Å². The van der Waals surface area contributed by atoms with Gasteiger partial charge in [-0.05, 0) is 0 Å². The zero-order chi connectivity index (χ0) is 8.97. The molecule has 0 saturated carbocycles. The number of carbonyl (C=O) groups excluding carboxylic acids is 1. The van der Waals surface area contributed by atoms with Gasteiger partial charge < -0.3 is 0 Å². The van der Waals surface area contributed by atoms with Crippen LogP contribution in [0.2, 0.25) is 4.18 Å². The average molecular weight is 265 g/mol. The van der Waals surface area contributed by atoms with Crippen LogP contribution < -0.4 is 0 Å². The Morgan fingerprint density at radius 1 is 1.92 bits per heavy atom. The Bertz CT molecular complexity index is 267. The summed E-state index contributed by atoms with van der Waals surface area (Å²) in [5.74, 6) is -0.427. The Morgan fingerprint density at radius 2 is 2.67 bits per heavy atom. The third-order valence-electron chi connectivity index (χ3n) is 1.70. The van der Waals surface area contributed by atoms with E-state index in [1.165, 1.54) is 0 Å². The molecular weight excluding hydrogens is 257 g/mol. The van der Waals surface area contributed by atoms with E-state index in [1.807, 2.05) is 12.2 Å². The summed E-state index contributed by atoms with van der Waals surface area (Å²) in [7, 11) is 0. The molecule has 0 aromatic rings. The quantitative estimate of drug-likeness (QED) is 0.420. The van der Waals surface area contributed by atoms with Crippen LogP contribution in [-0.4, -0.2) is 31.3 Å². The van der Waals surface area contributed by atoms with Crippen LogP contribution in [0, 0.1) is 9.09 Å². The molecule has 1 unspecified atom stereocenters. The molecular formula is C8H8InNO2. The van der Waals surface area contributed by atoms with Crippen LogP contribution in [0.4, 0.5) is 0 Å². The molecule has 0 radical (unpaired) electrons. The molecule has 0 saturated heterocycles. The fourth-order valence-corrected chi connectivity index (χ4v) is 5.89. The van der Waals surface area contributed by atoms with Crippen LogP contribution in [0.5, 0.6) is 0 Å². The predicted molar refractivity (Wildman–Crippen MR) is 45.4 cm³/mol. The van der Waals surface area contributed by atoms with Gasteiger partial charge in [-0.3, -0.25) is 0 Å². The monoisotopic (exact) mass is 265 g/mol. The number of hydrogen-bond acceptors (Lipinski definition) is 3. The summed E-state index contributed by atoms with van der Waals surface area (Å²) >= 11 is -2.21. The average Bonchev–Trinajstić information content (AvgIpc) is 2.51. The van der Waals surface area contributed by atoms with Crippen molar-refractivity contribution in [2.45, 2.75) is 8.04 Å². The van der Waals surface area contributed by atoms with Crippen LogP contribution in [0.3, 0.4) is 0 Å². The molecule has 0 N–H and O–H groups in total. The number of allylic oxidation sites excluding steroid dienone is 1.